The number of phenolic OH excluding ortho intramolecular Hbond substituents is 2. The lowest BCUT2D eigenvalue weighted by Gasteiger charge is -2.42. The highest BCUT2D eigenvalue weighted by Crippen LogP contribution is 2.40. The second kappa shape index (κ2) is 13.0. The van der Waals surface area contributed by atoms with Gasteiger partial charge in [0.2, 0.25) is 17.5 Å². The van der Waals surface area contributed by atoms with Gasteiger partial charge < -0.3 is 73.7 Å². The number of hydrogen-bond donors (Lipinski definition) is 8. The lowest BCUT2D eigenvalue weighted by atomic mass is 9.98. The second-order valence-electron chi connectivity index (χ2n) is 10.6. The van der Waals surface area contributed by atoms with E-state index in [1.54, 1.807) is 0 Å². The van der Waals surface area contributed by atoms with Crippen molar-refractivity contribution in [1.82, 2.24) is 0 Å². The van der Waals surface area contributed by atoms with E-state index in [-0.39, 0.29) is 39.5 Å². The van der Waals surface area contributed by atoms with Gasteiger partial charge in [-0.2, -0.15) is 0 Å². The minimum atomic E-state index is -1.93. The maximum absolute atomic E-state index is 13.8. The predicted octanol–water partition coefficient (Wildman–Crippen LogP) is -1.08. The standard InChI is InChI=1S/C29H34O16/c1-10-19(32)22(35)24(37)28(42-10)41-9-17-20(33)23(36)25(38)29(44-17)45-27-21(34)18-14(31)7-12(39-2)8-16(18)43-26(27)11-4-5-15(40-3)13(30)6-11/h4-8,10,17,19-20,22-25,28-33,35-38H,9H2,1-3H3/t10-,17-,19-,20-,22-,23+,24+,25-,28+,29-/m0/s1. The van der Waals surface area contributed by atoms with Gasteiger partial charge in [0.25, 0.3) is 0 Å². The van der Waals surface area contributed by atoms with E-state index in [2.05, 4.69) is 0 Å². The van der Waals surface area contributed by atoms with E-state index < -0.39 is 84.9 Å². The van der Waals surface area contributed by atoms with Gasteiger partial charge in [-0.25, -0.2) is 0 Å². The van der Waals surface area contributed by atoms with Crippen LogP contribution < -0.4 is 19.6 Å². The van der Waals surface area contributed by atoms with Crippen LogP contribution in [0, 0.1) is 0 Å². The molecule has 3 heterocycles. The number of ether oxygens (including phenoxy) is 6. The third-order valence-corrected chi connectivity index (χ3v) is 7.72. The smallest absolute Gasteiger partial charge is 0.239 e. The van der Waals surface area contributed by atoms with Crippen LogP contribution in [0.3, 0.4) is 0 Å². The zero-order chi connectivity index (χ0) is 32.7. The Bertz CT molecular complexity index is 1570. The first-order valence-electron chi connectivity index (χ1n) is 13.8. The van der Waals surface area contributed by atoms with Crippen LogP contribution in [0.4, 0.5) is 0 Å². The first-order valence-corrected chi connectivity index (χ1v) is 13.8. The van der Waals surface area contributed by atoms with Crippen molar-refractivity contribution in [2.24, 2.45) is 0 Å². The van der Waals surface area contributed by atoms with Crippen LogP contribution in [0.5, 0.6) is 28.7 Å². The number of methoxy groups -OCH3 is 2. The molecule has 8 N–H and O–H groups in total. The van der Waals surface area contributed by atoms with E-state index in [9.17, 15) is 45.6 Å². The molecule has 3 aromatic rings. The van der Waals surface area contributed by atoms with Gasteiger partial charge in [-0.1, -0.05) is 0 Å². The summed E-state index contributed by atoms with van der Waals surface area (Å²) in [6.45, 7) is 0.864. The summed E-state index contributed by atoms with van der Waals surface area (Å²) in [5.74, 6) is -1.44. The van der Waals surface area contributed by atoms with Crippen LogP contribution in [0.2, 0.25) is 0 Å². The van der Waals surface area contributed by atoms with Gasteiger partial charge >= 0.3 is 0 Å². The monoisotopic (exact) mass is 638 g/mol. The Balaban J connectivity index is 1.50. The molecule has 2 saturated heterocycles. The molecule has 45 heavy (non-hydrogen) atoms. The van der Waals surface area contributed by atoms with E-state index in [1.165, 1.54) is 51.5 Å². The summed E-state index contributed by atoms with van der Waals surface area (Å²) < 4.78 is 38.5. The number of aliphatic hydroxyl groups excluding tert-OH is 6. The third kappa shape index (κ3) is 6.11. The van der Waals surface area contributed by atoms with Crippen LogP contribution in [0.15, 0.2) is 39.5 Å². The number of benzene rings is 2. The Morgan fingerprint density at radius 3 is 2.13 bits per heavy atom. The maximum Gasteiger partial charge on any atom is 0.239 e. The molecule has 2 aliphatic rings. The predicted molar refractivity (Wildman–Crippen MR) is 150 cm³/mol. The van der Waals surface area contributed by atoms with Crippen molar-refractivity contribution >= 4 is 11.0 Å². The summed E-state index contributed by atoms with van der Waals surface area (Å²) in [6.07, 6.45) is -15.9. The van der Waals surface area contributed by atoms with Crippen molar-refractivity contribution in [2.75, 3.05) is 20.8 Å². The number of hydrogen-bond acceptors (Lipinski definition) is 16. The Labute approximate surface area is 254 Å². The summed E-state index contributed by atoms with van der Waals surface area (Å²) in [4.78, 5) is 13.8. The first kappa shape index (κ1) is 32.7. The molecular formula is C29H34O16. The Hall–Kier alpha value is -3.71. The fraction of sp³-hybridized carbons (Fsp3) is 0.483. The van der Waals surface area contributed by atoms with Crippen molar-refractivity contribution in [3.8, 4) is 40.1 Å². The van der Waals surface area contributed by atoms with Crippen LogP contribution >= 0.6 is 0 Å². The van der Waals surface area contributed by atoms with Gasteiger partial charge in [0.1, 0.15) is 65.2 Å². The lowest BCUT2D eigenvalue weighted by Crippen LogP contribution is -2.61. The van der Waals surface area contributed by atoms with Crippen molar-refractivity contribution in [3.63, 3.8) is 0 Å². The number of rotatable bonds is 8. The average molecular weight is 639 g/mol. The van der Waals surface area contributed by atoms with Crippen LogP contribution in [0.25, 0.3) is 22.3 Å². The lowest BCUT2D eigenvalue weighted by molar-refractivity contribution is -0.318. The molecule has 0 aliphatic carbocycles. The highest BCUT2D eigenvalue weighted by molar-refractivity contribution is 5.88. The molecule has 5 rings (SSSR count). The zero-order valence-electron chi connectivity index (χ0n) is 24.2. The third-order valence-electron chi connectivity index (χ3n) is 7.72. The molecule has 2 aliphatic heterocycles. The largest absolute Gasteiger partial charge is 0.507 e. The zero-order valence-corrected chi connectivity index (χ0v) is 24.2. The summed E-state index contributed by atoms with van der Waals surface area (Å²) >= 11 is 0. The molecule has 0 amide bonds. The molecule has 0 saturated carbocycles. The Morgan fingerprint density at radius 1 is 0.778 bits per heavy atom. The van der Waals surface area contributed by atoms with Crippen molar-refractivity contribution in [3.05, 3.63) is 40.6 Å². The summed E-state index contributed by atoms with van der Waals surface area (Å²) in [7, 11) is 2.68. The van der Waals surface area contributed by atoms with E-state index >= 15 is 0 Å². The fourth-order valence-electron chi connectivity index (χ4n) is 5.11. The molecule has 0 spiro atoms. The molecule has 0 radical (unpaired) electrons. The Morgan fingerprint density at radius 2 is 1.47 bits per heavy atom. The minimum absolute atomic E-state index is 0.105. The first-order chi connectivity index (χ1) is 21.4. The summed E-state index contributed by atoms with van der Waals surface area (Å²) in [6, 6.07) is 6.54. The van der Waals surface area contributed by atoms with Crippen LogP contribution in [0.1, 0.15) is 6.92 Å². The van der Waals surface area contributed by atoms with Gasteiger partial charge in [-0.15, -0.1) is 0 Å². The van der Waals surface area contributed by atoms with Crippen molar-refractivity contribution in [1.29, 1.82) is 0 Å². The molecule has 0 unspecified atom stereocenters. The molecule has 0 bridgehead atoms. The van der Waals surface area contributed by atoms with E-state index in [1.807, 2.05) is 0 Å². The van der Waals surface area contributed by atoms with E-state index in [0.717, 1.165) is 0 Å². The SMILES string of the molecule is COc1cc(O)c2c(=O)c(O[C@@H]3O[C@@H](CO[C@@H]4O[C@@H](C)[C@H](O)[C@H](O)[C@H]4O)[C@H](O)[C@@H](O)[C@@H]3O)c(-c3ccc(OC)c(O)c3)oc2c1. The van der Waals surface area contributed by atoms with Crippen LogP contribution in [-0.2, 0) is 14.2 Å². The van der Waals surface area contributed by atoms with E-state index in [4.69, 9.17) is 32.8 Å². The summed E-state index contributed by atoms with van der Waals surface area (Å²) in [5, 5.41) is 82.9. The second-order valence-corrected chi connectivity index (χ2v) is 10.6. The number of fused-ring (bicyclic) bond motifs is 1. The van der Waals surface area contributed by atoms with Gasteiger partial charge in [0.05, 0.1) is 26.9 Å². The molecule has 2 fully saturated rings. The number of phenols is 2. The quantitative estimate of drug-likeness (QED) is 0.146. The normalized spacial score (nSPS) is 31.9. The van der Waals surface area contributed by atoms with Crippen molar-refractivity contribution in [2.45, 2.75) is 68.3 Å². The van der Waals surface area contributed by atoms with Crippen molar-refractivity contribution < 1.29 is 73.7 Å². The van der Waals surface area contributed by atoms with E-state index in [0.29, 0.717) is 0 Å². The maximum atomic E-state index is 13.8. The highest BCUT2D eigenvalue weighted by atomic mass is 16.7. The fourth-order valence-corrected chi connectivity index (χ4v) is 5.11. The van der Waals surface area contributed by atoms with Gasteiger partial charge in [0, 0.05) is 17.7 Å². The number of aliphatic hydroxyl groups is 6. The molecule has 16 nitrogen and oxygen atoms in total. The highest BCUT2D eigenvalue weighted by Gasteiger charge is 2.47. The molecule has 2 aromatic carbocycles. The Kier molecular flexibility index (Phi) is 9.41. The topological polar surface area (TPSA) is 247 Å². The molecular weight excluding hydrogens is 604 g/mol. The average Bonchev–Trinajstić information content (AvgIpc) is 3.02. The molecule has 1 aromatic heterocycles. The number of aromatic hydroxyl groups is 2. The van der Waals surface area contributed by atoms with Gasteiger partial charge in [-0.05, 0) is 25.1 Å². The van der Waals surface area contributed by atoms with Crippen LogP contribution in [-0.4, -0.2) is 123 Å². The summed E-state index contributed by atoms with van der Waals surface area (Å²) in [5.41, 5.74) is -0.936. The minimum Gasteiger partial charge on any atom is -0.507 e. The van der Waals surface area contributed by atoms with Gasteiger partial charge in [0.15, 0.2) is 23.5 Å². The molecule has 16 heteroatoms. The molecule has 246 valence electrons. The van der Waals surface area contributed by atoms with Gasteiger partial charge in [-0.3, -0.25) is 4.79 Å². The molecule has 10 atom stereocenters.